The van der Waals surface area contributed by atoms with Crippen LogP contribution in [0, 0.1) is 0 Å². The van der Waals surface area contributed by atoms with Gasteiger partial charge in [-0.1, -0.05) is 0 Å². The van der Waals surface area contributed by atoms with Gasteiger partial charge in [-0.25, -0.2) is 9.18 Å². The standard InChI is InChI=1S/C11H21FN2O2/c1-11(2,3)16-10(15)14-7-8(12)6-9(14)4-5-13/h8-9H,4-7,13H2,1-3H3/t8?,9-/m1/s1. The zero-order chi connectivity index (χ0) is 12.3. The quantitative estimate of drug-likeness (QED) is 0.788. The minimum Gasteiger partial charge on any atom is -0.444 e. The average molecular weight is 232 g/mol. The van der Waals surface area contributed by atoms with E-state index in [1.807, 2.05) is 0 Å². The second kappa shape index (κ2) is 4.99. The monoisotopic (exact) mass is 232 g/mol. The lowest BCUT2D eigenvalue weighted by Gasteiger charge is -2.28. The molecule has 2 atom stereocenters. The van der Waals surface area contributed by atoms with E-state index in [9.17, 15) is 9.18 Å². The van der Waals surface area contributed by atoms with Crippen molar-refractivity contribution in [2.45, 2.75) is 51.4 Å². The number of nitrogens with two attached hydrogens (primary N) is 1. The van der Waals surface area contributed by atoms with Gasteiger partial charge in [0.05, 0.1) is 6.54 Å². The smallest absolute Gasteiger partial charge is 0.410 e. The topological polar surface area (TPSA) is 55.6 Å². The second-order valence-corrected chi connectivity index (χ2v) is 5.20. The molecule has 1 aliphatic heterocycles. The molecule has 1 saturated heterocycles. The van der Waals surface area contributed by atoms with E-state index < -0.39 is 17.9 Å². The van der Waals surface area contributed by atoms with Gasteiger partial charge in [-0.05, 0) is 33.7 Å². The van der Waals surface area contributed by atoms with Crippen LogP contribution in [0.15, 0.2) is 0 Å². The third-order valence-corrected chi connectivity index (χ3v) is 2.49. The molecule has 0 radical (unpaired) electrons. The Labute approximate surface area is 95.9 Å². The number of rotatable bonds is 2. The van der Waals surface area contributed by atoms with Gasteiger partial charge in [-0.2, -0.15) is 0 Å². The Morgan fingerprint density at radius 3 is 2.69 bits per heavy atom. The first kappa shape index (κ1) is 13.2. The number of carbonyl (C=O) groups is 1. The van der Waals surface area contributed by atoms with Crippen LogP contribution in [0.4, 0.5) is 9.18 Å². The zero-order valence-electron chi connectivity index (χ0n) is 10.2. The fourth-order valence-corrected chi connectivity index (χ4v) is 1.87. The number of likely N-dealkylation sites (tertiary alicyclic amines) is 1. The summed E-state index contributed by atoms with van der Waals surface area (Å²) in [4.78, 5) is 13.2. The van der Waals surface area contributed by atoms with Crippen LogP contribution < -0.4 is 5.73 Å². The summed E-state index contributed by atoms with van der Waals surface area (Å²) >= 11 is 0. The van der Waals surface area contributed by atoms with Crippen LogP contribution in [0.2, 0.25) is 0 Å². The first-order valence-corrected chi connectivity index (χ1v) is 5.67. The number of carbonyl (C=O) groups excluding carboxylic acids is 1. The third-order valence-electron chi connectivity index (χ3n) is 2.49. The Bertz CT molecular complexity index is 253. The van der Waals surface area contributed by atoms with Gasteiger partial charge in [0.25, 0.3) is 0 Å². The van der Waals surface area contributed by atoms with Gasteiger partial charge in [0.15, 0.2) is 0 Å². The average Bonchev–Trinajstić information content (AvgIpc) is 2.44. The summed E-state index contributed by atoms with van der Waals surface area (Å²) in [6.45, 7) is 5.97. The summed E-state index contributed by atoms with van der Waals surface area (Å²) in [7, 11) is 0. The number of ether oxygens (including phenoxy) is 1. The lowest BCUT2D eigenvalue weighted by Crippen LogP contribution is -2.40. The van der Waals surface area contributed by atoms with E-state index in [1.165, 1.54) is 4.90 Å². The number of alkyl halides is 1. The van der Waals surface area contributed by atoms with Crippen molar-refractivity contribution in [2.24, 2.45) is 5.73 Å². The Balaban J connectivity index is 2.59. The summed E-state index contributed by atoms with van der Waals surface area (Å²) in [5, 5.41) is 0. The third kappa shape index (κ3) is 3.63. The van der Waals surface area contributed by atoms with E-state index in [0.717, 1.165) is 0 Å². The molecule has 0 aromatic carbocycles. The molecule has 5 heteroatoms. The van der Waals surface area contributed by atoms with Gasteiger partial charge in [0, 0.05) is 12.5 Å². The van der Waals surface area contributed by atoms with Crippen molar-refractivity contribution in [3.8, 4) is 0 Å². The largest absolute Gasteiger partial charge is 0.444 e. The highest BCUT2D eigenvalue weighted by Crippen LogP contribution is 2.24. The molecule has 0 aliphatic carbocycles. The van der Waals surface area contributed by atoms with Crippen LogP contribution in [0.3, 0.4) is 0 Å². The van der Waals surface area contributed by atoms with Crippen LogP contribution >= 0.6 is 0 Å². The van der Waals surface area contributed by atoms with E-state index >= 15 is 0 Å². The summed E-state index contributed by atoms with van der Waals surface area (Å²) in [6, 6.07) is -0.116. The number of halogens is 1. The minimum atomic E-state index is -0.955. The Morgan fingerprint density at radius 2 is 2.19 bits per heavy atom. The zero-order valence-corrected chi connectivity index (χ0v) is 10.2. The van der Waals surface area contributed by atoms with Crippen molar-refractivity contribution in [2.75, 3.05) is 13.1 Å². The first-order chi connectivity index (χ1) is 7.33. The van der Waals surface area contributed by atoms with E-state index in [4.69, 9.17) is 10.5 Å². The number of amides is 1. The first-order valence-electron chi connectivity index (χ1n) is 5.67. The van der Waals surface area contributed by atoms with Gasteiger partial charge in [-0.3, -0.25) is 0 Å². The van der Waals surface area contributed by atoms with Crippen LogP contribution in [0.1, 0.15) is 33.6 Å². The molecule has 2 N–H and O–H groups in total. The van der Waals surface area contributed by atoms with Gasteiger partial charge in [0.2, 0.25) is 0 Å². The van der Waals surface area contributed by atoms with Crippen LogP contribution in [0.25, 0.3) is 0 Å². The molecule has 0 spiro atoms. The molecule has 16 heavy (non-hydrogen) atoms. The van der Waals surface area contributed by atoms with E-state index in [2.05, 4.69) is 0 Å². The van der Waals surface area contributed by atoms with Crippen molar-refractivity contribution >= 4 is 6.09 Å². The number of nitrogens with zero attached hydrogens (tertiary/aromatic N) is 1. The summed E-state index contributed by atoms with van der Waals surface area (Å²) in [5.74, 6) is 0. The maximum Gasteiger partial charge on any atom is 0.410 e. The summed E-state index contributed by atoms with van der Waals surface area (Å²) in [6.07, 6.45) is -0.397. The van der Waals surface area contributed by atoms with Crippen molar-refractivity contribution < 1.29 is 13.9 Å². The highest BCUT2D eigenvalue weighted by atomic mass is 19.1. The molecule has 1 amide bonds. The molecule has 94 valence electrons. The molecule has 1 unspecified atom stereocenters. The van der Waals surface area contributed by atoms with Crippen LogP contribution in [0.5, 0.6) is 0 Å². The lowest BCUT2D eigenvalue weighted by molar-refractivity contribution is 0.0214. The van der Waals surface area contributed by atoms with Gasteiger partial charge < -0.3 is 15.4 Å². The van der Waals surface area contributed by atoms with Gasteiger partial charge >= 0.3 is 6.09 Å². The molecule has 0 aromatic rings. The van der Waals surface area contributed by atoms with E-state index in [-0.39, 0.29) is 12.6 Å². The molecule has 0 saturated carbocycles. The van der Waals surface area contributed by atoms with Crippen molar-refractivity contribution in [3.05, 3.63) is 0 Å². The SMILES string of the molecule is CC(C)(C)OC(=O)N1CC(F)C[C@H]1CCN. The van der Waals surface area contributed by atoms with Crippen molar-refractivity contribution in [1.29, 1.82) is 0 Å². The molecule has 0 aromatic heterocycles. The lowest BCUT2D eigenvalue weighted by atomic mass is 10.1. The van der Waals surface area contributed by atoms with Crippen LogP contribution in [-0.4, -0.2) is 41.9 Å². The predicted octanol–water partition coefficient (Wildman–Crippen LogP) is 1.68. The number of hydrogen-bond donors (Lipinski definition) is 1. The molecule has 1 heterocycles. The maximum absolute atomic E-state index is 13.3. The highest BCUT2D eigenvalue weighted by Gasteiger charge is 2.36. The van der Waals surface area contributed by atoms with Gasteiger partial charge in [0.1, 0.15) is 11.8 Å². The molecule has 1 rings (SSSR count). The summed E-state index contributed by atoms with van der Waals surface area (Å²) in [5.41, 5.74) is 4.90. The molecule has 4 nitrogen and oxygen atoms in total. The number of hydrogen-bond acceptors (Lipinski definition) is 3. The Morgan fingerprint density at radius 1 is 1.56 bits per heavy atom. The molecular formula is C11H21FN2O2. The Hall–Kier alpha value is -0.840. The van der Waals surface area contributed by atoms with E-state index in [1.54, 1.807) is 20.8 Å². The molecule has 1 aliphatic rings. The maximum atomic E-state index is 13.3. The van der Waals surface area contributed by atoms with Crippen molar-refractivity contribution in [1.82, 2.24) is 4.90 Å². The van der Waals surface area contributed by atoms with Crippen molar-refractivity contribution in [3.63, 3.8) is 0 Å². The molecule has 1 fully saturated rings. The Kier molecular flexibility index (Phi) is 4.13. The predicted molar refractivity (Wildman–Crippen MR) is 59.9 cm³/mol. The van der Waals surface area contributed by atoms with E-state index in [0.29, 0.717) is 19.4 Å². The molecular weight excluding hydrogens is 211 g/mol. The molecule has 0 bridgehead atoms. The second-order valence-electron chi connectivity index (χ2n) is 5.20. The fraction of sp³-hybridized carbons (Fsp3) is 0.909. The summed E-state index contributed by atoms with van der Waals surface area (Å²) < 4.78 is 18.5. The minimum absolute atomic E-state index is 0.116. The van der Waals surface area contributed by atoms with Crippen LogP contribution in [-0.2, 0) is 4.74 Å². The normalized spacial score (nSPS) is 25.9. The fourth-order valence-electron chi connectivity index (χ4n) is 1.87. The van der Waals surface area contributed by atoms with Gasteiger partial charge in [-0.15, -0.1) is 0 Å². The highest BCUT2D eigenvalue weighted by molar-refractivity contribution is 5.69.